The van der Waals surface area contributed by atoms with E-state index in [4.69, 9.17) is 0 Å². The lowest BCUT2D eigenvalue weighted by molar-refractivity contribution is 0.102. The van der Waals surface area contributed by atoms with Gasteiger partial charge in [0.25, 0.3) is 5.91 Å². The number of rotatable bonds is 4. The average Bonchev–Trinajstić information content (AvgIpc) is 2.43. The predicted molar refractivity (Wildman–Crippen MR) is 90.0 cm³/mol. The fraction of sp³-hybridized carbons (Fsp3) is 0.250. The molecule has 0 aliphatic rings. The smallest absolute Gasteiger partial charge is 0.259 e. The summed E-state index contributed by atoms with van der Waals surface area (Å²) in [6.45, 7) is 6.73. The van der Waals surface area contributed by atoms with Gasteiger partial charge < -0.3 is 10.6 Å². The summed E-state index contributed by atoms with van der Waals surface area (Å²) in [7, 11) is 0. The first-order valence-electron chi connectivity index (χ1n) is 6.79. The van der Waals surface area contributed by atoms with Crippen molar-refractivity contribution < 1.29 is 4.79 Å². The van der Waals surface area contributed by atoms with Crippen molar-refractivity contribution in [2.45, 2.75) is 20.8 Å². The van der Waals surface area contributed by atoms with Crippen LogP contribution in [0.3, 0.4) is 0 Å². The van der Waals surface area contributed by atoms with Gasteiger partial charge in [0, 0.05) is 23.4 Å². The number of aryl methyl sites for hydroxylation is 2. The van der Waals surface area contributed by atoms with Crippen molar-refractivity contribution in [3.05, 3.63) is 51.8 Å². The number of halogens is 1. The molecule has 0 saturated heterocycles. The second-order valence-electron chi connectivity index (χ2n) is 4.84. The quantitative estimate of drug-likeness (QED) is 0.873. The van der Waals surface area contributed by atoms with Gasteiger partial charge in [-0.05, 0) is 60.0 Å². The molecular formula is C16H18BrN3O. The minimum atomic E-state index is -0.174. The topological polar surface area (TPSA) is 54.0 Å². The summed E-state index contributed by atoms with van der Waals surface area (Å²) in [5.74, 6) is -0.174. The maximum absolute atomic E-state index is 12.5. The lowest BCUT2D eigenvalue weighted by Gasteiger charge is -2.14. The van der Waals surface area contributed by atoms with Gasteiger partial charge in [0.2, 0.25) is 0 Å². The van der Waals surface area contributed by atoms with E-state index < -0.39 is 0 Å². The molecule has 0 aliphatic carbocycles. The Morgan fingerprint density at radius 2 is 2.10 bits per heavy atom. The standard InChI is InChI=1S/C16H18BrN3O/c1-4-19-14-5-6-18-9-12(14)16(21)20-15-11(3)7-10(2)8-13(15)17/h5-9H,4H2,1-3H3,(H,18,19)(H,20,21). The Bertz CT molecular complexity index is 647. The number of amides is 1. The Morgan fingerprint density at radius 1 is 1.33 bits per heavy atom. The fourth-order valence-electron chi connectivity index (χ4n) is 2.17. The van der Waals surface area contributed by atoms with Crippen LogP contribution < -0.4 is 10.6 Å². The molecule has 110 valence electrons. The number of anilines is 2. The summed E-state index contributed by atoms with van der Waals surface area (Å²) in [4.78, 5) is 16.5. The van der Waals surface area contributed by atoms with Crippen molar-refractivity contribution >= 4 is 33.2 Å². The molecule has 0 aliphatic heterocycles. The summed E-state index contributed by atoms with van der Waals surface area (Å²) < 4.78 is 0.877. The largest absolute Gasteiger partial charge is 0.385 e. The zero-order chi connectivity index (χ0) is 15.4. The normalized spacial score (nSPS) is 10.3. The van der Waals surface area contributed by atoms with Crippen LogP contribution in [0.1, 0.15) is 28.4 Å². The third-order valence-electron chi connectivity index (χ3n) is 3.10. The van der Waals surface area contributed by atoms with Crippen LogP contribution in [-0.4, -0.2) is 17.4 Å². The highest BCUT2D eigenvalue weighted by molar-refractivity contribution is 9.10. The maximum atomic E-state index is 12.5. The number of carbonyl (C=O) groups excluding carboxylic acids is 1. The molecule has 4 nitrogen and oxygen atoms in total. The first-order valence-corrected chi connectivity index (χ1v) is 7.58. The van der Waals surface area contributed by atoms with E-state index in [9.17, 15) is 4.79 Å². The number of benzene rings is 1. The third-order valence-corrected chi connectivity index (χ3v) is 3.73. The molecule has 0 spiro atoms. The lowest BCUT2D eigenvalue weighted by Crippen LogP contribution is -2.16. The van der Waals surface area contributed by atoms with E-state index in [0.29, 0.717) is 5.56 Å². The maximum Gasteiger partial charge on any atom is 0.259 e. The average molecular weight is 348 g/mol. The molecule has 2 rings (SSSR count). The molecule has 5 heteroatoms. The Labute approximate surface area is 133 Å². The number of nitrogens with zero attached hydrogens (tertiary/aromatic N) is 1. The van der Waals surface area contributed by atoms with E-state index in [1.807, 2.05) is 32.9 Å². The molecule has 1 aromatic carbocycles. The van der Waals surface area contributed by atoms with Gasteiger partial charge >= 0.3 is 0 Å². The van der Waals surface area contributed by atoms with Crippen molar-refractivity contribution in [2.24, 2.45) is 0 Å². The lowest BCUT2D eigenvalue weighted by atomic mass is 10.1. The van der Waals surface area contributed by atoms with Gasteiger partial charge in [0.05, 0.1) is 16.9 Å². The van der Waals surface area contributed by atoms with Crippen molar-refractivity contribution in [3.63, 3.8) is 0 Å². The summed E-state index contributed by atoms with van der Waals surface area (Å²) in [5, 5.41) is 6.12. The SMILES string of the molecule is CCNc1ccncc1C(=O)Nc1c(C)cc(C)cc1Br. The predicted octanol–water partition coefficient (Wildman–Crippen LogP) is 4.15. The van der Waals surface area contributed by atoms with Crippen molar-refractivity contribution in [3.8, 4) is 0 Å². The Balaban J connectivity index is 2.31. The van der Waals surface area contributed by atoms with Crippen molar-refractivity contribution in [1.29, 1.82) is 0 Å². The number of hydrogen-bond donors (Lipinski definition) is 2. The molecule has 0 unspecified atom stereocenters. The minimum absolute atomic E-state index is 0.174. The molecular weight excluding hydrogens is 330 g/mol. The molecule has 1 aromatic heterocycles. The van der Waals surface area contributed by atoms with E-state index in [-0.39, 0.29) is 5.91 Å². The molecule has 1 heterocycles. The monoisotopic (exact) mass is 347 g/mol. The van der Waals surface area contributed by atoms with Crippen LogP contribution in [0.4, 0.5) is 11.4 Å². The van der Waals surface area contributed by atoms with Crippen LogP contribution in [-0.2, 0) is 0 Å². The molecule has 0 fully saturated rings. The third kappa shape index (κ3) is 3.61. The first kappa shape index (κ1) is 15.5. The Morgan fingerprint density at radius 3 is 2.76 bits per heavy atom. The summed E-state index contributed by atoms with van der Waals surface area (Å²) in [6.07, 6.45) is 3.24. The molecule has 0 saturated carbocycles. The molecule has 1 amide bonds. The van der Waals surface area contributed by atoms with Crippen molar-refractivity contribution in [2.75, 3.05) is 17.2 Å². The van der Waals surface area contributed by atoms with E-state index in [0.717, 1.165) is 33.5 Å². The number of carbonyl (C=O) groups is 1. The van der Waals surface area contributed by atoms with Gasteiger partial charge in [0.15, 0.2) is 0 Å². The van der Waals surface area contributed by atoms with Gasteiger partial charge in [0.1, 0.15) is 0 Å². The number of pyridine rings is 1. The second kappa shape index (κ2) is 6.72. The summed E-state index contributed by atoms with van der Waals surface area (Å²) in [5.41, 5.74) is 4.27. The van der Waals surface area contributed by atoms with Gasteiger partial charge in [-0.1, -0.05) is 6.07 Å². The molecule has 0 bridgehead atoms. The summed E-state index contributed by atoms with van der Waals surface area (Å²) in [6, 6.07) is 5.82. The molecule has 2 aromatic rings. The van der Waals surface area contributed by atoms with Crippen LogP contribution in [0, 0.1) is 13.8 Å². The zero-order valence-corrected chi connectivity index (χ0v) is 13.9. The number of aromatic nitrogens is 1. The van der Waals surface area contributed by atoms with Gasteiger partial charge in [-0.15, -0.1) is 0 Å². The Hall–Kier alpha value is -1.88. The molecule has 0 radical (unpaired) electrons. The van der Waals surface area contributed by atoms with E-state index in [1.54, 1.807) is 18.5 Å². The number of nitrogens with one attached hydrogen (secondary N) is 2. The highest BCUT2D eigenvalue weighted by atomic mass is 79.9. The highest BCUT2D eigenvalue weighted by Gasteiger charge is 2.14. The van der Waals surface area contributed by atoms with Gasteiger partial charge in [-0.2, -0.15) is 0 Å². The van der Waals surface area contributed by atoms with Gasteiger partial charge in [-0.3, -0.25) is 9.78 Å². The van der Waals surface area contributed by atoms with Crippen LogP contribution >= 0.6 is 15.9 Å². The van der Waals surface area contributed by atoms with E-state index in [1.165, 1.54) is 0 Å². The summed E-state index contributed by atoms with van der Waals surface area (Å²) >= 11 is 3.50. The van der Waals surface area contributed by atoms with Crippen LogP contribution in [0.5, 0.6) is 0 Å². The molecule has 0 atom stereocenters. The Kier molecular flexibility index (Phi) is 4.96. The van der Waals surface area contributed by atoms with Crippen LogP contribution in [0.15, 0.2) is 35.1 Å². The molecule has 2 N–H and O–H groups in total. The van der Waals surface area contributed by atoms with E-state index in [2.05, 4.69) is 31.5 Å². The highest BCUT2D eigenvalue weighted by Crippen LogP contribution is 2.28. The van der Waals surface area contributed by atoms with Crippen LogP contribution in [0.25, 0.3) is 0 Å². The fourth-order valence-corrected chi connectivity index (χ4v) is 2.95. The number of hydrogen-bond acceptors (Lipinski definition) is 3. The second-order valence-corrected chi connectivity index (χ2v) is 5.70. The zero-order valence-electron chi connectivity index (χ0n) is 12.3. The van der Waals surface area contributed by atoms with Crippen LogP contribution in [0.2, 0.25) is 0 Å². The van der Waals surface area contributed by atoms with E-state index >= 15 is 0 Å². The minimum Gasteiger partial charge on any atom is -0.385 e. The van der Waals surface area contributed by atoms with Crippen molar-refractivity contribution in [1.82, 2.24) is 4.98 Å². The first-order chi connectivity index (χ1) is 10.0. The molecule has 21 heavy (non-hydrogen) atoms. The van der Waals surface area contributed by atoms with Gasteiger partial charge in [-0.25, -0.2) is 0 Å².